The number of benzene rings is 9. The summed E-state index contributed by atoms with van der Waals surface area (Å²) in [7, 11) is 0. The maximum Gasteiger partial charge on any atom is 0.0561 e. The van der Waals surface area contributed by atoms with Crippen molar-refractivity contribution in [2.45, 2.75) is 0 Å². The van der Waals surface area contributed by atoms with Gasteiger partial charge in [0.1, 0.15) is 0 Å². The Morgan fingerprint density at radius 3 is 1.41 bits per heavy atom. The molecule has 0 amide bonds. The molecule has 0 radical (unpaired) electrons. The van der Waals surface area contributed by atoms with Gasteiger partial charge in [-0.05, 0) is 99.1 Å². The van der Waals surface area contributed by atoms with Gasteiger partial charge >= 0.3 is 0 Å². The van der Waals surface area contributed by atoms with Crippen LogP contribution < -0.4 is 4.90 Å². The van der Waals surface area contributed by atoms with Gasteiger partial charge in [0, 0.05) is 33.5 Å². The van der Waals surface area contributed by atoms with Crippen LogP contribution in [0.3, 0.4) is 0 Å². The fourth-order valence-corrected chi connectivity index (χ4v) is 8.21. The van der Waals surface area contributed by atoms with Crippen LogP contribution in [0.25, 0.3) is 72.0 Å². The van der Waals surface area contributed by atoms with Gasteiger partial charge in [0.25, 0.3) is 0 Å². The van der Waals surface area contributed by atoms with Crippen molar-refractivity contribution in [2.24, 2.45) is 0 Å². The quantitative estimate of drug-likeness (QED) is 0.152. The van der Waals surface area contributed by atoms with Gasteiger partial charge < -0.3 is 9.47 Å². The van der Waals surface area contributed by atoms with E-state index in [2.05, 4.69) is 240 Å². The van der Waals surface area contributed by atoms with E-state index in [9.17, 15) is 0 Å². The molecule has 10 aromatic rings. The smallest absolute Gasteiger partial charge is 0.0561 e. The van der Waals surface area contributed by atoms with Crippen molar-refractivity contribution >= 4 is 38.9 Å². The third kappa shape index (κ3) is 6.04. The predicted octanol–water partition coefficient (Wildman–Crippen LogP) is 14.9. The molecule has 1 heterocycles. The Hall–Kier alpha value is -7.42. The second kappa shape index (κ2) is 14.4. The summed E-state index contributed by atoms with van der Waals surface area (Å²) >= 11 is 0. The SMILES string of the molecule is c1ccc(-c2ccccc2-c2cccc(N(c3ccc(-c4ccccc4)c(-c4ccccc4)c3)c3ccc4c5ccccc5n(-c5ccccc5)c4c3)c2)cc1. The van der Waals surface area contributed by atoms with Crippen molar-refractivity contribution in [2.75, 3.05) is 4.90 Å². The van der Waals surface area contributed by atoms with Crippen molar-refractivity contribution in [3.63, 3.8) is 0 Å². The van der Waals surface area contributed by atoms with Crippen LogP contribution in [0, 0.1) is 0 Å². The Balaban J connectivity index is 1.22. The van der Waals surface area contributed by atoms with Crippen LogP contribution >= 0.6 is 0 Å². The second-order valence-electron chi connectivity index (χ2n) is 14.1. The van der Waals surface area contributed by atoms with Gasteiger partial charge in [0.2, 0.25) is 0 Å². The fourth-order valence-electron chi connectivity index (χ4n) is 8.21. The van der Waals surface area contributed by atoms with E-state index in [1.165, 1.54) is 55.2 Å². The molecule has 0 aliphatic rings. The molecular formula is C54H38N2. The highest BCUT2D eigenvalue weighted by atomic mass is 15.1. The van der Waals surface area contributed by atoms with Gasteiger partial charge in [-0.15, -0.1) is 0 Å². The molecule has 2 nitrogen and oxygen atoms in total. The van der Waals surface area contributed by atoms with E-state index in [-0.39, 0.29) is 0 Å². The Labute approximate surface area is 327 Å². The molecule has 9 aromatic carbocycles. The van der Waals surface area contributed by atoms with Crippen molar-refractivity contribution < 1.29 is 0 Å². The minimum absolute atomic E-state index is 1.08. The summed E-state index contributed by atoms with van der Waals surface area (Å²) in [6.07, 6.45) is 0. The summed E-state index contributed by atoms with van der Waals surface area (Å²) in [6, 6.07) is 83.1. The van der Waals surface area contributed by atoms with E-state index in [4.69, 9.17) is 0 Å². The number of aromatic nitrogens is 1. The van der Waals surface area contributed by atoms with Crippen LogP contribution in [0.5, 0.6) is 0 Å². The minimum Gasteiger partial charge on any atom is -0.310 e. The zero-order valence-corrected chi connectivity index (χ0v) is 30.8. The summed E-state index contributed by atoms with van der Waals surface area (Å²) in [4.78, 5) is 2.42. The lowest BCUT2D eigenvalue weighted by atomic mass is 9.93. The summed E-state index contributed by atoms with van der Waals surface area (Å²) in [5.41, 5.74) is 16.3. The first kappa shape index (κ1) is 33.2. The first-order chi connectivity index (χ1) is 27.8. The number of hydrogen-bond donors (Lipinski definition) is 0. The van der Waals surface area contributed by atoms with Crippen molar-refractivity contribution in [1.29, 1.82) is 0 Å². The molecule has 264 valence electrons. The highest BCUT2D eigenvalue weighted by molar-refractivity contribution is 6.10. The molecule has 0 aliphatic heterocycles. The summed E-state index contributed by atoms with van der Waals surface area (Å²) < 4.78 is 2.40. The number of fused-ring (bicyclic) bond motifs is 3. The largest absolute Gasteiger partial charge is 0.310 e. The van der Waals surface area contributed by atoms with Gasteiger partial charge in [-0.25, -0.2) is 0 Å². The lowest BCUT2D eigenvalue weighted by molar-refractivity contribution is 1.18. The van der Waals surface area contributed by atoms with Crippen LogP contribution in [0.15, 0.2) is 231 Å². The van der Waals surface area contributed by atoms with Crippen molar-refractivity contribution in [1.82, 2.24) is 4.57 Å². The number of nitrogens with zero attached hydrogens (tertiary/aromatic N) is 2. The van der Waals surface area contributed by atoms with Gasteiger partial charge in [-0.2, -0.15) is 0 Å². The van der Waals surface area contributed by atoms with Gasteiger partial charge in [-0.3, -0.25) is 0 Å². The lowest BCUT2D eigenvalue weighted by Crippen LogP contribution is -2.10. The van der Waals surface area contributed by atoms with Gasteiger partial charge in [0.15, 0.2) is 0 Å². The molecule has 0 fully saturated rings. The first-order valence-corrected chi connectivity index (χ1v) is 19.2. The zero-order valence-electron chi connectivity index (χ0n) is 30.8. The fraction of sp³-hybridized carbons (Fsp3) is 0. The molecule has 0 spiro atoms. The topological polar surface area (TPSA) is 8.17 Å². The normalized spacial score (nSPS) is 11.2. The predicted molar refractivity (Wildman–Crippen MR) is 237 cm³/mol. The van der Waals surface area contributed by atoms with E-state index < -0.39 is 0 Å². The zero-order chi connectivity index (χ0) is 37.3. The van der Waals surface area contributed by atoms with Crippen LogP contribution in [0.1, 0.15) is 0 Å². The molecule has 0 aliphatic carbocycles. The molecule has 56 heavy (non-hydrogen) atoms. The van der Waals surface area contributed by atoms with Crippen molar-refractivity contribution in [3.8, 4) is 50.2 Å². The highest BCUT2D eigenvalue weighted by Crippen LogP contribution is 2.44. The number of rotatable bonds is 8. The monoisotopic (exact) mass is 714 g/mol. The van der Waals surface area contributed by atoms with Crippen molar-refractivity contribution in [3.05, 3.63) is 231 Å². The van der Waals surface area contributed by atoms with Crippen LogP contribution in [0.2, 0.25) is 0 Å². The molecule has 1 aromatic heterocycles. The summed E-state index contributed by atoms with van der Waals surface area (Å²) in [5.74, 6) is 0. The molecule has 0 unspecified atom stereocenters. The van der Waals surface area contributed by atoms with Crippen LogP contribution in [-0.4, -0.2) is 4.57 Å². The average Bonchev–Trinajstić information content (AvgIpc) is 3.61. The minimum atomic E-state index is 1.08. The maximum absolute atomic E-state index is 2.42. The third-order valence-corrected chi connectivity index (χ3v) is 10.8. The Bertz CT molecular complexity index is 2950. The molecule has 0 bridgehead atoms. The second-order valence-corrected chi connectivity index (χ2v) is 14.1. The van der Waals surface area contributed by atoms with E-state index >= 15 is 0 Å². The van der Waals surface area contributed by atoms with Gasteiger partial charge in [0.05, 0.1) is 11.0 Å². The molecule has 0 N–H and O–H groups in total. The molecule has 0 atom stereocenters. The van der Waals surface area contributed by atoms with E-state index in [0.717, 1.165) is 33.8 Å². The summed E-state index contributed by atoms with van der Waals surface area (Å²) in [5, 5.41) is 2.46. The average molecular weight is 715 g/mol. The summed E-state index contributed by atoms with van der Waals surface area (Å²) in [6.45, 7) is 0. The molecule has 10 rings (SSSR count). The number of hydrogen-bond acceptors (Lipinski definition) is 1. The number of anilines is 3. The molecular weight excluding hydrogens is 677 g/mol. The van der Waals surface area contributed by atoms with Crippen LogP contribution in [-0.2, 0) is 0 Å². The van der Waals surface area contributed by atoms with E-state index in [1.54, 1.807) is 0 Å². The maximum atomic E-state index is 2.42. The Morgan fingerprint density at radius 2 is 0.732 bits per heavy atom. The number of para-hydroxylation sites is 2. The highest BCUT2D eigenvalue weighted by Gasteiger charge is 2.20. The van der Waals surface area contributed by atoms with E-state index in [0.29, 0.717) is 0 Å². The third-order valence-electron chi connectivity index (χ3n) is 10.8. The van der Waals surface area contributed by atoms with Gasteiger partial charge in [-0.1, -0.05) is 176 Å². The first-order valence-electron chi connectivity index (χ1n) is 19.2. The lowest BCUT2D eigenvalue weighted by Gasteiger charge is -2.28. The molecule has 0 saturated heterocycles. The molecule has 0 saturated carbocycles. The Kier molecular flexibility index (Phi) is 8.55. The van der Waals surface area contributed by atoms with Crippen LogP contribution in [0.4, 0.5) is 17.1 Å². The standard InChI is InChI=1S/C54H38N2/c1-5-18-39(19-6-1)47-28-13-14-29-48(47)42-24-17-27-44(36-42)55(45-32-34-49(40-20-7-2-8-21-40)52(37-45)41-22-9-3-10-23-41)46-33-35-51-50-30-15-16-31-53(50)56(54(51)38-46)43-25-11-4-12-26-43/h1-38H. The Morgan fingerprint density at radius 1 is 0.268 bits per heavy atom. The molecule has 2 heteroatoms. The van der Waals surface area contributed by atoms with E-state index in [1.807, 2.05) is 0 Å².